The van der Waals surface area contributed by atoms with Crippen molar-refractivity contribution in [1.29, 1.82) is 0 Å². The lowest BCUT2D eigenvalue weighted by Gasteiger charge is -2.24. The number of ether oxygens (including phenoxy) is 1. The summed E-state index contributed by atoms with van der Waals surface area (Å²) in [6.07, 6.45) is 0. The van der Waals surface area contributed by atoms with Crippen molar-refractivity contribution in [3.63, 3.8) is 0 Å². The molecule has 1 atom stereocenters. The van der Waals surface area contributed by atoms with Gasteiger partial charge in [-0.2, -0.15) is 0 Å². The normalized spacial score (nSPS) is 12.1. The third kappa shape index (κ3) is 4.61. The van der Waals surface area contributed by atoms with Crippen LogP contribution in [0.3, 0.4) is 0 Å². The highest BCUT2D eigenvalue weighted by atomic mass is 16.5. The van der Waals surface area contributed by atoms with Crippen LogP contribution in [-0.2, 0) is 4.79 Å². The van der Waals surface area contributed by atoms with Crippen molar-refractivity contribution in [1.82, 2.24) is 4.90 Å². The molecule has 134 valence electrons. The molecule has 0 radical (unpaired) electrons. The topological polar surface area (TPSA) is 41.6 Å². The van der Waals surface area contributed by atoms with Crippen LogP contribution in [0.1, 0.15) is 6.92 Å². The van der Waals surface area contributed by atoms with E-state index in [0.717, 1.165) is 22.2 Å². The van der Waals surface area contributed by atoms with E-state index in [4.69, 9.17) is 4.74 Å². The Morgan fingerprint density at radius 2 is 1.69 bits per heavy atom. The van der Waals surface area contributed by atoms with Gasteiger partial charge in [0.15, 0.2) is 0 Å². The van der Waals surface area contributed by atoms with Crippen molar-refractivity contribution in [3.8, 4) is 5.75 Å². The standard InChI is InChI=1S/C22H24N2O2/c1-17(24(2)14-15-26-21-10-4-3-5-11-21)22(25)23-20-13-12-18-8-6-7-9-19(18)16-20/h3-13,16-17H,14-15H2,1-2H3,(H,23,25)/t17-/m1/s1. The number of nitrogens with one attached hydrogen (secondary N) is 1. The van der Waals surface area contributed by atoms with Crippen LogP contribution in [0.25, 0.3) is 10.8 Å². The van der Waals surface area contributed by atoms with Gasteiger partial charge in [-0.15, -0.1) is 0 Å². The van der Waals surface area contributed by atoms with Gasteiger partial charge in [0.2, 0.25) is 5.91 Å². The van der Waals surface area contributed by atoms with Gasteiger partial charge >= 0.3 is 0 Å². The molecule has 4 nitrogen and oxygen atoms in total. The van der Waals surface area contributed by atoms with Crippen molar-refractivity contribution >= 4 is 22.4 Å². The highest BCUT2D eigenvalue weighted by molar-refractivity contribution is 5.97. The first-order valence-electron chi connectivity index (χ1n) is 8.81. The van der Waals surface area contributed by atoms with Gasteiger partial charge in [0.25, 0.3) is 0 Å². The quantitative estimate of drug-likeness (QED) is 0.696. The summed E-state index contributed by atoms with van der Waals surface area (Å²) in [4.78, 5) is 14.5. The van der Waals surface area contributed by atoms with Gasteiger partial charge in [-0.1, -0.05) is 48.5 Å². The number of anilines is 1. The number of fused-ring (bicyclic) bond motifs is 1. The van der Waals surface area contributed by atoms with Crippen LogP contribution < -0.4 is 10.1 Å². The predicted molar refractivity (Wildman–Crippen MR) is 107 cm³/mol. The summed E-state index contributed by atoms with van der Waals surface area (Å²) in [5, 5.41) is 5.28. The Morgan fingerprint density at radius 3 is 2.46 bits per heavy atom. The van der Waals surface area contributed by atoms with Crippen molar-refractivity contribution in [2.75, 3.05) is 25.5 Å². The average Bonchev–Trinajstić information content (AvgIpc) is 2.68. The van der Waals surface area contributed by atoms with Gasteiger partial charge in [0.05, 0.1) is 6.04 Å². The van der Waals surface area contributed by atoms with Crippen LogP contribution in [0.5, 0.6) is 5.75 Å². The molecule has 0 fully saturated rings. The number of para-hydroxylation sites is 1. The van der Waals surface area contributed by atoms with E-state index in [0.29, 0.717) is 13.2 Å². The summed E-state index contributed by atoms with van der Waals surface area (Å²) >= 11 is 0. The largest absolute Gasteiger partial charge is 0.492 e. The van der Waals surface area contributed by atoms with Gasteiger partial charge < -0.3 is 10.1 Å². The summed E-state index contributed by atoms with van der Waals surface area (Å²) in [6, 6.07) is 23.5. The van der Waals surface area contributed by atoms with Crippen LogP contribution >= 0.6 is 0 Å². The van der Waals surface area contributed by atoms with Gasteiger partial charge in [-0.05, 0) is 49.0 Å². The number of carbonyl (C=O) groups excluding carboxylic acids is 1. The van der Waals surface area contributed by atoms with Crippen LogP contribution in [-0.4, -0.2) is 37.0 Å². The molecule has 26 heavy (non-hydrogen) atoms. The predicted octanol–water partition coefficient (Wildman–Crippen LogP) is 4.18. The van der Waals surface area contributed by atoms with Gasteiger partial charge in [-0.3, -0.25) is 9.69 Å². The molecule has 3 aromatic rings. The first kappa shape index (κ1) is 18.0. The number of nitrogens with zero attached hydrogens (tertiary/aromatic N) is 1. The molecular formula is C22H24N2O2. The Hall–Kier alpha value is -2.85. The molecule has 0 heterocycles. The molecule has 1 amide bonds. The fourth-order valence-electron chi connectivity index (χ4n) is 2.73. The highest BCUT2D eigenvalue weighted by Crippen LogP contribution is 2.19. The molecule has 0 saturated heterocycles. The molecule has 0 saturated carbocycles. The minimum Gasteiger partial charge on any atom is -0.492 e. The second-order valence-electron chi connectivity index (χ2n) is 6.37. The zero-order chi connectivity index (χ0) is 18.4. The van der Waals surface area contributed by atoms with E-state index in [-0.39, 0.29) is 11.9 Å². The second-order valence-corrected chi connectivity index (χ2v) is 6.37. The molecule has 0 aliphatic rings. The monoisotopic (exact) mass is 348 g/mol. The van der Waals surface area contributed by atoms with Crippen LogP contribution in [0.2, 0.25) is 0 Å². The van der Waals surface area contributed by atoms with E-state index in [1.165, 1.54) is 0 Å². The number of hydrogen-bond acceptors (Lipinski definition) is 3. The third-order valence-electron chi connectivity index (χ3n) is 4.51. The highest BCUT2D eigenvalue weighted by Gasteiger charge is 2.18. The molecule has 0 spiro atoms. The van der Waals surface area contributed by atoms with Gasteiger partial charge in [-0.25, -0.2) is 0 Å². The van der Waals surface area contributed by atoms with Crippen molar-refractivity contribution < 1.29 is 9.53 Å². The van der Waals surface area contributed by atoms with Gasteiger partial charge in [0, 0.05) is 12.2 Å². The lowest BCUT2D eigenvalue weighted by molar-refractivity contribution is -0.120. The summed E-state index contributed by atoms with van der Waals surface area (Å²) < 4.78 is 5.70. The minimum absolute atomic E-state index is 0.0255. The number of amides is 1. The Kier molecular flexibility index (Phi) is 5.87. The van der Waals surface area contributed by atoms with Crippen LogP contribution in [0.15, 0.2) is 72.8 Å². The maximum Gasteiger partial charge on any atom is 0.241 e. The number of carbonyl (C=O) groups is 1. The Morgan fingerprint density at radius 1 is 1.00 bits per heavy atom. The number of hydrogen-bond donors (Lipinski definition) is 1. The van der Waals surface area contributed by atoms with E-state index < -0.39 is 0 Å². The zero-order valence-corrected chi connectivity index (χ0v) is 15.2. The summed E-state index contributed by atoms with van der Waals surface area (Å²) in [5.74, 6) is 0.816. The molecule has 0 aliphatic heterocycles. The van der Waals surface area contributed by atoms with Crippen LogP contribution in [0.4, 0.5) is 5.69 Å². The molecule has 3 aromatic carbocycles. The van der Waals surface area contributed by atoms with Crippen molar-refractivity contribution in [3.05, 3.63) is 72.8 Å². The molecule has 0 unspecified atom stereocenters. The second kappa shape index (κ2) is 8.50. The Balaban J connectivity index is 1.52. The molecule has 4 heteroatoms. The zero-order valence-electron chi connectivity index (χ0n) is 15.2. The first-order valence-corrected chi connectivity index (χ1v) is 8.81. The number of rotatable bonds is 7. The summed E-state index contributed by atoms with van der Waals surface area (Å²) in [7, 11) is 1.93. The average molecular weight is 348 g/mol. The van der Waals surface area contributed by atoms with Crippen molar-refractivity contribution in [2.24, 2.45) is 0 Å². The SMILES string of the molecule is C[C@H](C(=O)Nc1ccc2ccccc2c1)N(C)CCOc1ccccc1. The lowest BCUT2D eigenvalue weighted by Crippen LogP contribution is -2.41. The van der Waals surface area contributed by atoms with E-state index in [2.05, 4.69) is 11.4 Å². The van der Waals surface area contributed by atoms with Crippen molar-refractivity contribution in [2.45, 2.75) is 13.0 Å². The van der Waals surface area contributed by atoms with Crippen LogP contribution in [0, 0.1) is 0 Å². The molecule has 1 N–H and O–H groups in total. The number of likely N-dealkylation sites (N-methyl/N-ethyl adjacent to an activating group) is 1. The molecule has 0 aliphatic carbocycles. The fourth-order valence-corrected chi connectivity index (χ4v) is 2.73. The van der Waals surface area contributed by atoms with E-state index in [1.807, 2.05) is 85.6 Å². The smallest absolute Gasteiger partial charge is 0.241 e. The minimum atomic E-state index is -0.249. The van der Waals surface area contributed by atoms with E-state index >= 15 is 0 Å². The fraction of sp³-hybridized carbons (Fsp3) is 0.227. The first-order chi connectivity index (χ1) is 12.6. The number of benzene rings is 3. The molecule has 0 bridgehead atoms. The van der Waals surface area contributed by atoms with Gasteiger partial charge in [0.1, 0.15) is 12.4 Å². The molecule has 3 rings (SSSR count). The molecular weight excluding hydrogens is 324 g/mol. The van der Waals surface area contributed by atoms with E-state index in [1.54, 1.807) is 0 Å². The maximum absolute atomic E-state index is 12.5. The van der Waals surface area contributed by atoms with E-state index in [9.17, 15) is 4.79 Å². The Bertz CT molecular complexity index is 864. The summed E-state index contributed by atoms with van der Waals surface area (Å²) in [6.45, 7) is 3.11. The molecule has 0 aromatic heterocycles. The lowest BCUT2D eigenvalue weighted by atomic mass is 10.1. The maximum atomic E-state index is 12.5. The Labute approximate surface area is 154 Å². The summed E-state index contributed by atoms with van der Waals surface area (Å²) in [5.41, 5.74) is 0.814. The third-order valence-corrected chi connectivity index (χ3v) is 4.51.